The number of fused-ring (bicyclic) bond motifs is 1. The fourth-order valence-corrected chi connectivity index (χ4v) is 4.12. The van der Waals surface area contributed by atoms with Crippen molar-refractivity contribution in [1.29, 1.82) is 0 Å². The third-order valence-electron chi connectivity index (χ3n) is 5.84. The molecular weight excluding hydrogens is 462 g/mol. The van der Waals surface area contributed by atoms with Crippen molar-refractivity contribution in [2.75, 3.05) is 26.8 Å². The molecule has 0 unspecified atom stereocenters. The van der Waals surface area contributed by atoms with Gasteiger partial charge >= 0.3 is 0 Å². The summed E-state index contributed by atoms with van der Waals surface area (Å²) in [5, 5.41) is 2.63. The zero-order valence-electron chi connectivity index (χ0n) is 20.4. The molecule has 0 saturated carbocycles. The molecule has 1 aliphatic heterocycles. The molecule has 4 rings (SSSR count). The maximum atomic E-state index is 13.7. The number of rotatable bonds is 7. The summed E-state index contributed by atoms with van der Waals surface area (Å²) in [6.07, 6.45) is 5.01. The molecule has 0 fully saturated rings. The Morgan fingerprint density at radius 1 is 1.19 bits per heavy atom. The van der Waals surface area contributed by atoms with E-state index in [9.17, 15) is 14.4 Å². The lowest BCUT2D eigenvalue weighted by Crippen LogP contribution is -2.39. The molecule has 0 atom stereocenters. The van der Waals surface area contributed by atoms with Gasteiger partial charge in [0.1, 0.15) is 22.6 Å². The van der Waals surface area contributed by atoms with Crippen LogP contribution in [0.4, 0.5) is 0 Å². The summed E-state index contributed by atoms with van der Waals surface area (Å²) >= 11 is 0. The van der Waals surface area contributed by atoms with E-state index < -0.39 is 17.2 Å². The summed E-state index contributed by atoms with van der Waals surface area (Å²) in [6.45, 7) is 6.88. The van der Waals surface area contributed by atoms with Crippen molar-refractivity contribution in [3.05, 3.63) is 93.8 Å². The van der Waals surface area contributed by atoms with Crippen LogP contribution in [0, 0.1) is 6.92 Å². The molecule has 0 spiro atoms. The van der Waals surface area contributed by atoms with E-state index in [0.717, 1.165) is 11.3 Å². The van der Waals surface area contributed by atoms with Gasteiger partial charge in [-0.1, -0.05) is 18.2 Å². The summed E-state index contributed by atoms with van der Waals surface area (Å²) in [7, 11) is 1.56. The van der Waals surface area contributed by atoms with Crippen LogP contribution in [-0.4, -0.2) is 48.1 Å². The highest BCUT2D eigenvalue weighted by molar-refractivity contribution is 5.99. The number of hydrogen-bond acceptors (Lipinski definition) is 6. The Hall–Kier alpha value is -4.27. The van der Waals surface area contributed by atoms with Gasteiger partial charge in [-0.15, -0.1) is 6.58 Å². The minimum Gasteiger partial charge on any atom is -0.493 e. The van der Waals surface area contributed by atoms with E-state index in [1.54, 1.807) is 22.6 Å². The molecule has 2 amide bonds. The molecule has 36 heavy (non-hydrogen) atoms. The zero-order chi connectivity index (χ0) is 25.7. The van der Waals surface area contributed by atoms with Gasteiger partial charge in [-0.2, -0.15) is 0 Å². The molecule has 2 aromatic heterocycles. The molecule has 0 aliphatic carbocycles. The largest absolute Gasteiger partial charge is 0.493 e. The maximum Gasteiger partial charge on any atom is 0.259 e. The Morgan fingerprint density at radius 2 is 2.00 bits per heavy atom. The standard InChI is InChI=1S/C27H29N3O6/c1-4-11-28-26(32)21-16-29(15-20-10-9-18(2)36-20)17-22(24(21)31)27(33)30-12-6-13-35-25-19(14-30)7-5-8-23(25)34-3/h4-5,7-10,16-17H,1,6,11-15H2,2-3H3,(H,28,32). The van der Waals surface area contributed by atoms with E-state index in [4.69, 9.17) is 13.9 Å². The number of amides is 2. The summed E-state index contributed by atoms with van der Waals surface area (Å²) < 4.78 is 18.6. The quantitative estimate of drug-likeness (QED) is 0.510. The molecular formula is C27H29N3O6. The normalized spacial score (nSPS) is 13.1. The second-order valence-electron chi connectivity index (χ2n) is 8.48. The first-order valence-corrected chi connectivity index (χ1v) is 11.7. The minimum atomic E-state index is -0.627. The summed E-state index contributed by atoms with van der Waals surface area (Å²) in [4.78, 5) is 41.4. The fraction of sp³-hybridized carbons (Fsp3) is 0.296. The zero-order valence-corrected chi connectivity index (χ0v) is 20.4. The average Bonchev–Trinajstić information content (AvgIpc) is 3.27. The highest BCUT2D eigenvalue weighted by Crippen LogP contribution is 2.33. The Labute approximate surface area is 208 Å². The number of ether oxygens (including phenoxy) is 2. The lowest BCUT2D eigenvalue weighted by molar-refractivity contribution is 0.0719. The van der Waals surface area contributed by atoms with Crippen LogP contribution in [0.25, 0.3) is 0 Å². The van der Waals surface area contributed by atoms with Crippen molar-refractivity contribution >= 4 is 11.8 Å². The predicted molar refractivity (Wildman–Crippen MR) is 134 cm³/mol. The van der Waals surface area contributed by atoms with E-state index in [0.29, 0.717) is 36.8 Å². The molecule has 0 bridgehead atoms. The maximum absolute atomic E-state index is 13.7. The van der Waals surface area contributed by atoms with Crippen LogP contribution in [0.1, 0.15) is 44.2 Å². The fourth-order valence-electron chi connectivity index (χ4n) is 4.12. The first kappa shape index (κ1) is 24.8. The Balaban J connectivity index is 1.73. The van der Waals surface area contributed by atoms with Gasteiger partial charge in [0.25, 0.3) is 11.8 Å². The smallest absolute Gasteiger partial charge is 0.259 e. The Kier molecular flexibility index (Phi) is 7.58. The van der Waals surface area contributed by atoms with Gasteiger partial charge in [-0.3, -0.25) is 14.4 Å². The van der Waals surface area contributed by atoms with Crippen molar-refractivity contribution in [3.63, 3.8) is 0 Å². The van der Waals surface area contributed by atoms with Gasteiger partial charge in [0, 0.05) is 37.6 Å². The number of nitrogens with one attached hydrogen (secondary N) is 1. The van der Waals surface area contributed by atoms with Gasteiger partial charge in [0.05, 0.1) is 20.3 Å². The van der Waals surface area contributed by atoms with Gasteiger partial charge in [0.2, 0.25) is 5.43 Å². The summed E-state index contributed by atoms with van der Waals surface area (Å²) in [5.41, 5.74) is -0.0647. The Morgan fingerprint density at radius 3 is 2.72 bits per heavy atom. The van der Waals surface area contributed by atoms with Crippen molar-refractivity contribution in [2.24, 2.45) is 0 Å². The van der Waals surface area contributed by atoms with Crippen LogP contribution in [0.3, 0.4) is 0 Å². The highest BCUT2D eigenvalue weighted by Gasteiger charge is 2.26. The van der Waals surface area contributed by atoms with Crippen LogP contribution in [-0.2, 0) is 13.1 Å². The lowest BCUT2D eigenvalue weighted by Gasteiger charge is -2.27. The van der Waals surface area contributed by atoms with Crippen molar-refractivity contribution < 1.29 is 23.5 Å². The second-order valence-corrected chi connectivity index (χ2v) is 8.48. The number of aromatic nitrogens is 1. The number of carbonyl (C=O) groups is 2. The van der Waals surface area contributed by atoms with Gasteiger partial charge < -0.3 is 28.7 Å². The Bertz CT molecular complexity index is 1340. The molecule has 1 N–H and O–H groups in total. The van der Waals surface area contributed by atoms with E-state index in [1.165, 1.54) is 18.5 Å². The number of para-hydroxylation sites is 1. The number of pyridine rings is 1. The number of nitrogens with zero attached hydrogens (tertiary/aromatic N) is 2. The molecule has 0 radical (unpaired) electrons. The number of carbonyl (C=O) groups excluding carboxylic acids is 2. The van der Waals surface area contributed by atoms with Crippen LogP contribution in [0.5, 0.6) is 11.5 Å². The van der Waals surface area contributed by atoms with E-state index in [-0.39, 0.29) is 30.8 Å². The monoisotopic (exact) mass is 491 g/mol. The number of hydrogen-bond donors (Lipinski definition) is 1. The number of benzene rings is 1. The third-order valence-corrected chi connectivity index (χ3v) is 5.84. The van der Waals surface area contributed by atoms with Crippen LogP contribution in [0.15, 0.2) is 64.6 Å². The van der Waals surface area contributed by atoms with Crippen molar-refractivity contribution in [3.8, 4) is 11.5 Å². The van der Waals surface area contributed by atoms with Crippen molar-refractivity contribution in [2.45, 2.75) is 26.4 Å². The van der Waals surface area contributed by atoms with E-state index in [2.05, 4.69) is 11.9 Å². The number of aryl methyl sites for hydroxylation is 1. The molecule has 3 heterocycles. The SMILES string of the molecule is C=CCNC(=O)c1cn(Cc2ccc(C)o2)cc(C(=O)N2CCCOc3c(cccc3OC)C2)c1=O. The van der Waals surface area contributed by atoms with Crippen LogP contribution in [0.2, 0.25) is 0 Å². The summed E-state index contributed by atoms with van der Waals surface area (Å²) in [5.74, 6) is 1.51. The van der Waals surface area contributed by atoms with Gasteiger partial charge in [-0.25, -0.2) is 0 Å². The van der Waals surface area contributed by atoms with Crippen molar-refractivity contribution in [1.82, 2.24) is 14.8 Å². The lowest BCUT2D eigenvalue weighted by atomic mass is 10.1. The topological polar surface area (TPSA) is 103 Å². The van der Waals surface area contributed by atoms with Gasteiger partial charge in [-0.05, 0) is 31.5 Å². The minimum absolute atomic E-state index is 0.0875. The number of furan rings is 1. The molecule has 9 heteroatoms. The van der Waals surface area contributed by atoms with E-state index in [1.807, 2.05) is 31.2 Å². The van der Waals surface area contributed by atoms with Crippen LogP contribution < -0.4 is 20.2 Å². The van der Waals surface area contributed by atoms with Gasteiger partial charge in [0.15, 0.2) is 11.5 Å². The first-order valence-electron chi connectivity index (χ1n) is 11.7. The average molecular weight is 492 g/mol. The third kappa shape index (κ3) is 5.35. The highest BCUT2D eigenvalue weighted by atomic mass is 16.5. The molecule has 1 aliphatic rings. The predicted octanol–water partition coefficient (Wildman–Crippen LogP) is 3.15. The van der Waals surface area contributed by atoms with E-state index >= 15 is 0 Å². The number of methoxy groups -OCH3 is 1. The van der Waals surface area contributed by atoms with Crippen LogP contribution >= 0.6 is 0 Å². The first-order chi connectivity index (χ1) is 17.4. The molecule has 9 nitrogen and oxygen atoms in total. The summed E-state index contributed by atoms with van der Waals surface area (Å²) in [6, 6.07) is 9.13. The molecule has 3 aromatic rings. The second kappa shape index (κ2) is 11.0. The molecule has 188 valence electrons. The molecule has 1 aromatic carbocycles. The molecule has 0 saturated heterocycles.